The van der Waals surface area contributed by atoms with Gasteiger partial charge in [0.15, 0.2) is 15.2 Å². The van der Waals surface area contributed by atoms with Crippen molar-refractivity contribution in [1.82, 2.24) is 13.7 Å². The van der Waals surface area contributed by atoms with Crippen LogP contribution >= 0.6 is 36.7 Å². The second-order valence-electron chi connectivity index (χ2n) is 12.5. The molecule has 0 fully saturated rings. The van der Waals surface area contributed by atoms with E-state index in [1.54, 1.807) is 0 Å². The Balaban J connectivity index is 2.85. The second-order valence-corrected chi connectivity index (χ2v) is 13.9. The van der Waals surface area contributed by atoms with Gasteiger partial charge in [0, 0.05) is 19.3 Å². The van der Waals surface area contributed by atoms with Crippen LogP contribution in [-0.2, 0) is 33.8 Å². The van der Waals surface area contributed by atoms with E-state index in [4.69, 9.17) is 50.9 Å². The summed E-state index contributed by atoms with van der Waals surface area (Å²) in [5, 5.41) is 1.39. The molecule has 0 bridgehead atoms. The molecule has 0 N–H and O–H groups in total. The Bertz CT molecular complexity index is 1050. The SMILES string of the molecule is CCCCCCCCC(=S)OCCn1c(=O)n(CCOC(=S)CCCCCCCC)c(=O)n(CCOC(=S)CCCCCCCC)c1=O. The highest BCUT2D eigenvalue weighted by molar-refractivity contribution is 7.80. The van der Waals surface area contributed by atoms with Gasteiger partial charge in [-0.05, 0) is 55.9 Å². The molecule has 0 spiro atoms. The molecule has 0 aliphatic rings. The molecule has 12 heteroatoms. The first-order chi connectivity index (χ1) is 23.3. The van der Waals surface area contributed by atoms with Crippen LogP contribution in [0.3, 0.4) is 0 Å². The maximum absolute atomic E-state index is 13.4. The zero-order chi connectivity index (χ0) is 35.4. The number of ether oxygens (including phenoxy) is 3. The molecule has 0 atom stereocenters. The van der Waals surface area contributed by atoms with Gasteiger partial charge in [-0.3, -0.25) is 0 Å². The molecule has 0 saturated heterocycles. The molecule has 9 nitrogen and oxygen atoms in total. The molecule has 1 heterocycles. The van der Waals surface area contributed by atoms with Gasteiger partial charge in [0.2, 0.25) is 0 Å². The standard InChI is InChI=1S/C36H63N3O6S3/c1-4-7-10-13-16-19-22-31(46)43-28-25-37-34(40)38(26-29-44-32(47)23-20-17-14-11-8-5-2)36(42)39(35(37)41)27-30-45-33(48)24-21-18-15-12-9-6-3/h4-30H2,1-3H3. The first kappa shape index (κ1) is 44.1. The van der Waals surface area contributed by atoms with Crippen LogP contribution < -0.4 is 17.1 Å². The van der Waals surface area contributed by atoms with Crippen molar-refractivity contribution in [1.29, 1.82) is 0 Å². The zero-order valence-corrected chi connectivity index (χ0v) is 32.6. The van der Waals surface area contributed by atoms with Crippen LogP contribution in [0.1, 0.15) is 156 Å². The number of hydrogen-bond donors (Lipinski definition) is 0. The fourth-order valence-corrected chi connectivity index (χ4v) is 6.06. The van der Waals surface area contributed by atoms with E-state index in [2.05, 4.69) is 20.8 Å². The molecule has 0 aliphatic carbocycles. The summed E-state index contributed by atoms with van der Waals surface area (Å²) in [6.45, 7) is 6.63. The number of nitrogens with zero attached hydrogens (tertiary/aromatic N) is 3. The quantitative estimate of drug-likeness (QED) is 0.0571. The molecule has 1 rings (SSSR count). The maximum Gasteiger partial charge on any atom is 0.336 e. The minimum atomic E-state index is -0.711. The van der Waals surface area contributed by atoms with Crippen LogP contribution in [0.2, 0.25) is 0 Å². The second kappa shape index (κ2) is 28.9. The number of hydrogen-bond acceptors (Lipinski definition) is 9. The predicted octanol–water partition coefficient (Wildman–Crippen LogP) is 8.46. The van der Waals surface area contributed by atoms with Gasteiger partial charge in [0.25, 0.3) is 0 Å². The van der Waals surface area contributed by atoms with E-state index in [1.807, 2.05) is 0 Å². The highest BCUT2D eigenvalue weighted by Crippen LogP contribution is 2.10. The highest BCUT2D eigenvalue weighted by atomic mass is 32.1. The van der Waals surface area contributed by atoms with Crippen LogP contribution in [0.5, 0.6) is 0 Å². The van der Waals surface area contributed by atoms with Crippen LogP contribution in [0.15, 0.2) is 14.4 Å². The van der Waals surface area contributed by atoms with Crippen LogP contribution in [-0.4, -0.2) is 48.7 Å². The topological polar surface area (TPSA) is 93.7 Å². The summed E-state index contributed by atoms with van der Waals surface area (Å²) in [4.78, 5) is 40.2. The lowest BCUT2D eigenvalue weighted by Crippen LogP contribution is -2.55. The number of unbranched alkanes of at least 4 members (excludes halogenated alkanes) is 15. The van der Waals surface area contributed by atoms with Crippen molar-refractivity contribution in [2.75, 3.05) is 19.8 Å². The highest BCUT2D eigenvalue weighted by Gasteiger charge is 2.16. The number of rotatable bonds is 30. The van der Waals surface area contributed by atoms with E-state index >= 15 is 0 Å². The fraction of sp³-hybridized carbons (Fsp3) is 0.833. The van der Waals surface area contributed by atoms with Gasteiger partial charge < -0.3 is 14.2 Å². The summed E-state index contributed by atoms with van der Waals surface area (Å²) in [5.74, 6) is 0. The molecule has 48 heavy (non-hydrogen) atoms. The molecule has 1 aromatic rings. The molecule has 0 unspecified atom stereocenters. The third-order valence-corrected chi connectivity index (χ3v) is 9.29. The lowest BCUT2D eigenvalue weighted by atomic mass is 10.1. The third-order valence-electron chi connectivity index (χ3n) is 8.32. The van der Waals surface area contributed by atoms with E-state index in [0.717, 1.165) is 52.2 Å². The maximum atomic E-state index is 13.4. The van der Waals surface area contributed by atoms with Crippen LogP contribution in [0, 0.1) is 0 Å². The van der Waals surface area contributed by atoms with E-state index in [-0.39, 0.29) is 39.5 Å². The van der Waals surface area contributed by atoms with Crippen molar-refractivity contribution >= 4 is 51.8 Å². The molecular formula is C36H63N3O6S3. The van der Waals surface area contributed by atoms with Crippen molar-refractivity contribution in [3.8, 4) is 0 Å². The molecule has 0 aromatic carbocycles. The monoisotopic (exact) mass is 729 g/mol. The van der Waals surface area contributed by atoms with Crippen molar-refractivity contribution in [3.05, 3.63) is 31.5 Å². The summed E-state index contributed by atoms with van der Waals surface area (Å²) < 4.78 is 20.2. The number of thiocarbonyl (C=S) groups is 3. The largest absolute Gasteiger partial charge is 0.485 e. The van der Waals surface area contributed by atoms with Gasteiger partial charge in [0.1, 0.15) is 19.8 Å². The Labute approximate surface area is 305 Å². The Kier molecular flexibility index (Phi) is 26.5. The summed E-state index contributed by atoms with van der Waals surface area (Å²) in [6, 6.07) is 0. The molecule has 0 saturated carbocycles. The Hall–Kier alpha value is -1.92. The minimum Gasteiger partial charge on any atom is -0.485 e. The Morgan fingerprint density at radius 3 is 0.896 bits per heavy atom. The fourth-order valence-electron chi connectivity index (χ4n) is 5.37. The van der Waals surface area contributed by atoms with Gasteiger partial charge in [-0.2, -0.15) is 0 Å². The lowest BCUT2D eigenvalue weighted by Gasteiger charge is -2.15. The first-order valence-electron chi connectivity index (χ1n) is 18.7. The summed E-state index contributed by atoms with van der Waals surface area (Å²) >= 11 is 16.1. The van der Waals surface area contributed by atoms with Crippen LogP contribution in [0.25, 0.3) is 0 Å². The van der Waals surface area contributed by atoms with Gasteiger partial charge in [-0.25, -0.2) is 28.1 Å². The molecular weight excluding hydrogens is 667 g/mol. The van der Waals surface area contributed by atoms with E-state index in [1.165, 1.54) is 77.0 Å². The van der Waals surface area contributed by atoms with E-state index < -0.39 is 17.1 Å². The average Bonchev–Trinajstić information content (AvgIpc) is 3.07. The van der Waals surface area contributed by atoms with E-state index in [9.17, 15) is 14.4 Å². The average molecular weight is 730 g/mol. The van der Waals surface area contributed by atoms with Gasteiger partial charge in [-0.15, -0.1) is 0 Å². The minimum absolute atomic E-state index is 0.0385. The van der Waals surface area contributed by atoms with Gasteiger partial charge in [0.05, 0.1) is 19.6 Å². The van der Waals surface area contributed by atoms with Crippen molar-refractivity contribution in [2.45, 2.75) is 175 Å². The van der Waals surface area contributed by atoms with Crippen molar-refractivity contribution < 1.29 is 14.2 Å². The summed E-state index contributed by atoms with van der Waals surface area (Å²) in [7, 11) is 0. The predicted molar refractivity (Wildman–Crippen MR) is 209 cm³/mol. The lowest BCUT2D eigenvalue weighted by molar-refractivity contribution is 0.247. The van der Waals surface area contributed by atoms with E-state index in [0.29, 0.717) is 34.4 Å². The number of aromatic nitrogens is 3. The Morgan fingerprint density at radius 1 is 0.417 bits per heavy atom. The van der Waals surface area contributed by atoms with Crippen molar-refractivity contribution in [2.24, 2.45) is 0 Å². The third kappa shape index (κ3) is 19.9. The molecule has 0 radical (unpaired) electrons. The first-order valence-corrected chi connectivity index (χ1v) is 19.9. The van der Waals surface area contributed by atoms with Crippen molar-refractivity contribution in [3.63, 3.8) is 0 Å². The Morgan fingerprint density at radius 2 is 0.646 bits per heavy atom. The van der Waals surface area contributed by atoms with Crippen LogP contribution in [0.4, 0.5) is 0 Å². The normalized spacial score (nSPS) is 11.1. The molecule has 0 aliphatic heterocycles. The van der Waals surface area contributed by atoms with Gasteiger partial charge >= 0.3 is 17.1 Å². The molecule has 1 aromatic heterocycles. The smallest absolute Gasteiger partial charge is 0.336 e. The summed E-state index contributed by atoms with van der Waals surface area (Å²) in [5.41, 5.74) is -2.13. The van der Waals surface area contributed by atoms with Gasteiger partial charge in [-0.1, -0.05) is 117 Å². The molecule has 276 valence electrons. The summed E-state index contributed by atoms with van der Waals surface area (Å²) in [6.07, 6.45) is 22.6. The zero-order valence-electron chi connectivity index (χ0n) is 30.1. The molecule has 0 amide bonds.